The number of carbonyl (C=O) groups excluding carboxylic acids is 1. The standard InChI is InChI=1S/C21H26N2O3/c1-3-4-5-6-17-7-13-20(14-8-17)26-16-21(24)23-22-15-18-9-11-19(25-2)12-10-18/h7-15H,3-6,16H2,1-2H3,(H,23,24)/b22-15+. The quantitative estimate of drug-likeness (QED) is 0.399. The van der Waals surface area contributed by atoms with E-state index in [-0.39, 0.29) is 12.5 Å². The van der Waals surface area contributed by atoms with Crippen LogP contribution >= 0.6 is 0 Å². The lowest BCUT2D eigenvalue weighted by atomic mass is 10.1. The summed E-state index contributed by atoms with van der Waals surface area (Å²) < 4.78 is 10.6. The number of hydrogen-bond donors (Lipinski definition) is 1. The number of benzene rings is 2. The second-order valence-corrected chi connectivity index (χ2v) is 5.96. The number of methoxy groups -OCH3 is 1. The van der Waals surface area contributed by atoms with Crippen LogP contribution in [0.4, 0.5) is 0 Å². The second-order valence-electron chi connectivity index (χ2n) is 5.96. The number of hydrazone groups is 1. The second kappa shape index (κ2) is 10.9. The Labute approximate surface area is 155 Å². The van der Waals surface area contributed by atoms with E-state index in [9.17, 15) is 4.79 Å². The molecular formula is C21H26N2O3. The molecule has 0 saturated heterocycles. The summed E-state index contributed by atoms with van der Waals surface area (Å²) in [5.74, 6) is 1.15. The highest BCUT2D eigenvalue weighted by molar-refractivity contribution is 5.83. The first-order valence-corrected chi connectivity index (χ1v) is 8.89. The third kappa shape index (κ3) is 6.97. The molecule has 2 aromatic rings. The first-order valence-electron chi connectivity index (χ1n) is 8.89. The molecule has 0 aromatic heterocycles. The van der Waals surface area contributed by atoms with E-state index in [0.717, 1.165) is 17.7 Å². The van der Waals surface area contributed by atoms with Crippen molar-refractivity contribution in [2.45, 2.75) is 32.6 Å². The molecule has 0 spiro atoms. The first-order chi connectivity index (χ1) is 12.7. The molecule has 0 saturated carbocycles. The van der Waals surface area contributed by atoms with Gasteiger partial charge in [-0.3, -0.25) is 4.79 Å². The van der Waals surface area contributed by atoms with Crippen LogP contribution in [0.25, 0.3) is 0 Å². The maximum Gasteiger partial charge on any atom is 0.277 e. The maximum atomic E-state index is 11.8. The van der Waals surface area contributed by atoms with Crippen LogP contribution in [0, 0.1) is 0 Å². The van der Waals surface area contributed by atoms with Crippen molar-refractivity contribution in [2.75, 3.05) is 13.7 Å². The Hall–Kier alpha value is -2.82. The molecule has 26 heavy (non-hydrogen) atoms. The zero-order valence-corrected chi connectivity index (χ0v) is 15.4. The number of nitrogens with one attached hydrogen (secondary N) is 1. The van der Waals surface area contributed by atoms with E-state index in [1.165, 1.54) is 24.8 Å². The van der Waals surface area contributed by atoms with Crippen LogP contribution in [-0.2, 0) is 11.2 Å². The van der Waals surface area contributed by atoms with E-state index < -0.39 is 0 Å². The van der Waals surface area contributed by atoms with Crippen molar-refractivity contribution in [3.05, 3.63) is 59.7 Å². The number of hydrogen-bond acceptors (Lipinski definition) is 4. The molecule has 0 aliphatic heterocycles. The highest BCUT2D eigenvalue weighted by Crippen LogP contribution is 2.14. The molecule has 2 aromatic carbocycles. The van der Waals surface area contributed by atoms with Crippen molar-refractivity contribution in [3.8, 4) is 11.5 Å². The Morgan fingerprint density at radius 2 is 1.73 bits per heavy atom. The van der Waals surface area contributed by atoms with Gasteiger partial charge < -0.3 is 9.47 Å². The van der Waals surface area contributed by atoms with Crippen molar-refractivity contribution < 1.29 is 14.3 Å². The molecule has 0 bridgehead atoms. The minimum Gasteiger partial charge on any atom is -0.497 e. The predicted molar refractivity (Wildman–Crippen MR) is 104 cm³/mol. The largest absolute Gasteiger partial charge is 0.497 e. The Kier molecular flexibility index (Phi) is 8.19. The van der Waals surface area contributed by atoms with Gasteiger partial charge in [0.25, 0.3) is 5.91 Å². The number of ether oxygens (including phenoxy) is 2. The summed E-state index contributed by atoms with van der Waals surface area (Å²) in [6, 6.07) is 15.3. The fourth-order valence-corrected chi connectivity index (χ4v) is 2.38. The molecule has 1 amide bonds. The fourth-order valence-electron chi connectivity index (χ4n) is 2.38. The summed E-state index contributed by atoms with van der Waals surface area (Å²) in [5.41, 5.74) is 4.61. The highest BCUT2D eigenvalue weighted by Gasteiger charge is 2.02. The van der Waals surface area contributed by atoms with Gasteiger partial charge in [-0.25, -0.2) is 5.43 Å². The van der Waals surface area contributed by atoms with E-state index in [1.807, 2.05) is 48.5 Å². The van der Waals surface area contributed by atoms with Crippen LogP contribution < -0.4 is 14.9 Å². The Balaban J connectivity index is 1.71. The van der Waals surface area contributed by atoms with Crippen LogP contribution in [0.1, 0.15) is 37.3 Å². The third-order valence-electron chi connectivity index (χ3n) is 3.88. The lowest BCUT2D eigenvalue weighted by molar-refractivity contribution is -0.123. The Morgan fingerprint density at radius 3 is 2.38 bits per heavy atom. The van der Waals surface area contributed by atoms with Gasteiger partial charge >= 0.3 is 0 Å². The van der Waals surface area contributed by atoms with Crippen LogP contribution in [0.3, 0.4) is 0 Å². The predicted octanol–water partition coefficient (Wildman–Crippen LogP) is 3.96. The normalized spacial score (nSPS) is 10.7. The van der Waals surface area contributed by atoms with E-state index in [4.69, 9.17) is 9.47 Å². The van der Waals surface area contributed by atoms with Crippen molar-refractivity contribution in [1.29, 1.82) is 0 Å². The van der Waals surface area contributed by atoms with Gasteiger partial charge in [-0.2, -0.15) is 5.10 Å². The van der Waals surface area contributed by atoms with Crippen molar-refractivity contribution in [1.82, 2.24) is 5.43 Å². The Bertz CT molecular complexity index is 694. The van der Waals surface area contributed by atoms with Crippen molar-refractivity contribution in [2.24, 2.45) is 5.10 Å². The number of rotatable bonds is 10. The van der Waals surface area contributed by atoms with E-state index in [2.05, 4.69) is 17.5 Å². The van der Waals surface area contributed by atoms with Crippen molar-refractivity contribution in [3.63, 3.8) is 0 Å². The molecule has 0 unspecified atom stereocenters. The van der Waals surface area contributed by atoms with E-state index in [0.29, 0.717) is 5.75 Å². The SMILES string of the molecule is CCCCCc1ccc(OCC(=O)N/N=C/c2ccc(OC)cc2)cc1. The number of nitrogens with zero attached hydrogens (tertiary/aromatic N) is 1. The summed E-state index contributed by atoms with van der Waals surface area (Å²) >= 11 is 0. The molecule has 0 radical (unpaired) electrons. The molecule has 2 rings (SSSR count). The first kappa shape index (κ1) is 19.5. The topological polar surface area (TPSA) is 59.9 Å². The van der Waals surface area contributed by atoms with Gasteiger partial charge in [0, 0.05) is 0 Å². The molecule has 1 N–H and O–H groups in total. The molecular weight excluding hydrogens is 328 g/mol. The summed E-state index contributed by atoms with van der Waals surface area (Å²) in [6.07, 6.45) is 6.31. The molecule has 0 aliphatic rings. The number of unbranched alkanes of at least 4 members (excludes halogenated alkanes) is 2. The van der Waals surface area contributed by atoms with E-state index in [1.54, 1.807) is 13.3 Å². The van der Waals surface area contributed by atoms with Crippen LogP contribution in [0.2, 0.25) is 0 Å². The smallest absolute Gasteiger partial charge is 0.277 e. The Morgan fingerprint density at radius 1 is 1.04 bits per heavy atom. The lowest BCUT2D eigenvalue weighted by Crippen LogP contribution is -2.24. The summed E-state index contributed by atoms with van der Waals surface area (Å²) in [6.45, 7) is 2.12. The van der Waals surface area contributed by atoms with Crippen molar-refractivity contribution >= 4 is 12.1 Å². The minimum atomic E-state index is -0.304. The average molecular weight is 354 g/mol. The number of aryl methyl sites for hydroxylation is 1. The third-order valence-corrected chi connectivity index (χ3v) is 3.88. The van der Waals surface area contributed by atoms with Gasteiger partial charge in [0.2, 0.25) is 0 Å². The average Bonchev–Trinajstić information content (AvgIpc) is 2.68. The number of amides is 1. The molecule has 0 aliphatic carbocycles. The zero-order valence-electron chi connectivity index (χ0n) is 15.4. The maximum absolute atomic E-state index is 11.8. The monoisotopic (exact) mass is 354 g/mol. The number of carbonyl (C=O) groups is 1. The molecule has 0 heterocycles. The zero-order chi connectivity index (χ0) is 18.6. The molecule has 0 atom stereocenters. The van der Waals surface area contributed by atoms with Gasteiger partial charge in [-0.05, 0) is 60.4 Å². The molecule has 5 nitrogen and oxygen atoms in total. The summed E-state index contributed by atoms with van der Waals surface area (Å²) in [5, 5.41) is 3.92. The molecule has 138 valence electrons. The van der Waals surface area contributed by atoms with Gasteiger partial charge in [0.1, 0.15) is 11.5 Å². The van der Waals surface area contributed by atoms with Gasteiger partial charge in [-0.1, -0.05) is 31.9 Å². The highest BCUT2D eigenvalue weighted by atomic mass is 16.5. The summed E-state index contributed by atoms with van der Waals surface area (Å²) in [4.78, 5) is 11.8. The summed E-state index contributed by atoms with van der Waals surface area (Å²) in [7, 11) is 1.61. The van der Waals surface area contributed by atoms with Crippen LogP contribution in [0.5, 0.6) is 11.5 Å². The molecule has 0 fully saturated rings. The minimum absolute atomic E-state index is 0.0743. The van der Waals surface area contributed by atoms with Gasteiger partial charge in [0.15, 0.2) is 6.61 Å². The fraction of sp³-hybridized carbons (Fsp3) is 0.333. The molecule has 5 heteroatoms. The van der Waals surface area contributed by atoms with Gasteiger partial charge in [-0.15, -0.1) is 0 Å². The van der Waals surface area contributed by atoms with Crippen LogP contribution in [0.15, 0.2) is 53.6 Å². The van der Waals surface area contributed by atoms with E-state index >= 15 is 0 Å². The van der Waals surface area contributed by atoms with Gasteiger partial charge in [0.05, 0.1) is 13.3 Å². The van der Waals surface area contributed by atoms with Crippen LogP contribution in [-0.4, -0.2) is 25.8 Å². The lowest BCUT2D eigenvalue weighted by Gasteiger charge is -2.06.